The predicted octanol–water partition coefficient (Wildman–Crippen LogP) is 5.28. The highest BCUT2D eigenvalue weighted by Crippen LogP contribution is 2.38. The van der Waals surface area contributed by atoms with E-state index >= 15 is 0 Å². The van der Waals surface area contributed by atoms with Gasteiger partial charge in [0.2, 0.25) is 0 Å². The molecule has 1 aromatic rings. The molecule has 1 N–H and O–H groups in total. The summed E-state index contributed by atoms with van der Waals surface area (Å²) in [6.07, 6.45) is 4.09. The van der Waals surface area contributed by atoms with Crippen LogP contribution in [-0.2, 0) is 4.79 Å². The first kappa shape index (κ1) is 18.4. The molecule has 1 aromatic carbocycles. The first-order valence-electron chi connectivity index (χ1n) is 8.08. The predicted molar refractivity (Wildman–Crippen MR) is 83.8 cm³/mol. The van der Waals surface area contributed by atoms with Crippen molar-refractivity contribution in [3.05, 3.63) is 42.0 Å². The fourth-order valence-electron chi connectivity index (χ4n) is 3.24. The number of allylic oxidation sites excluding steroid dienone is 1. The number of alkyl halides is 3. The summed E-state index contributed by atoms with van der Waals surface area (Å²) in [5, 5.41) is 8.54. The molecule has 0 saturated heterocycles. The second-order valence-electron chi connectivity index (χ2n) is 6.15. The molecule has 2 rings (SSSR count). The van der Waals surface area contributed by atoms with Crippen LogP contribution in [0.1, 0.15) is 50.0 Å². The maximum absolute atomic E-state index is 12.2. The minimum atomic E-state index is -4.66. The Bertz CT molecular complexity index is 556. The lowest BCUT2D eigenvalue weighted by molar-refractivity contribution is -0.274. The molecule has 1 aliphatic rings. The molecule has 0 aliphatic heterocycles. The number of halogens is 3. The van der Waals surface area contributed by atoms with E-state index in [1.807, 2.05) is 0 Å². The Morgan fingerprint density at radius 2 is 1.79 bits per heavy atom. The van der Waals surface area contributed by atoms with Crippen LogP contribution in [0.25, 0.3) is 0 Å². The SMILES string of the molecule is O=C(O)/C=C/CC[C@H]1CC[C@H](c2ccc(OC(F)(F)F)cc2)CC1. The number of hydrogen-bond acceptors (Lipinski definition) is 2. The molecule has 0 radical (unpaired) electrons. The lowest BCUT2D eigenvalue weighted by Gasteiger charge is -2.28. The Hall–Kier alpha value is -1.98. The molecule has 0 spiro atoms. The van der Waals surface area contributed by atoms with Crippen molar-refractivity contribution < 1.29 is 27.8 Å². The van der Waals surface area contributed by atoms with Gasteiger partial charge in [0.15, 0.2) is 0 Å². The summed E-state index contributed by atoms with van der Waals surface area (Å²) < 4.78 is 40.3. The number of ether oxygens (including phenoxy) is 1. The van der Waals surface area contributed by atoms with Gasteiger partial charge in [0.1, 0.15) is 5.75 Å². The average Bonchev–Trinajstić information content (AvgIpc) is 2.51. The summed E-state index contributed by atoms with van der Waals surface area (Å²) in [7, 11) is 0. The summed E-state index contributed by atoms with van der Waals surface area (Å²) in [6, 6.07) is 6.15. The van der Waals surface area contributed by atoms with Crippen LogP contribution in [0.5, 0.6) is 5.75 Å². The van der Waals surface area contributed by atoms with Crippen LogP contribution in [0.4, 0.5) is 13.2 Å². The van der Waals surface area contributed by atoms with Crippen LogP contribution in [0.2, 0.25) is 0 Å². The fourth-order valence-corrected chi connectivity index (χ4v) is 3.24. The van der Waals surface area contributed by atoms with Crippen molar-refractivity contribution in [3.63, 3.8) is 0 Å². The first-order valence-corrected chi connectivity index (χ1v) is 8.08. The van der Waals surface area contributed by atoms with Crippen LogP contribution in [-0.4, -0.2) is 17.4 Å². The number of hydrogen-bond donors (Lipinski definition) is 1. The van der Waals surface area contributed by atoms with Gasteiger partial charge < -0.3 is 9.84 Å². The van der Waals surface area contributed by atoms with Crippen molar-refractivity contribution in [1.29, 1.82) is 0 Å². The lowest BCUT2D eigenvalue weighted by Crippen LogP contribution is -2.17. The second-order valence-corrected chi connectivity index (χ2v) is 6.15. The molecule has 0 bridgehead atoms. The molecular weight excluding hydrogens is 321 g/mol. The van der Waals surface area contributed by atoms with E-state index in [-0.39, 0.29) is 5.75 Å². The molecule has 0 aromatic heterocycles. The van der Waals surface area contributed by atoms with Crippen LogP contribution in [0.3, 0.4) is 0 Å². The smallest absolute Gasteiger partial charge is 0.478 e. The monoisotopic (exact) mass is 342 g/mol. The molecule has 132 valence electrons. The van der Waals surface area contributed by atoms with Gasteiger partial charge in [-0.15, -0.1) is 13.2 Å². The van der Waals surface area contributed by atoms with Crippen molar-refractivity contribution >= 4 is 5.97 Å². The van der Waals surface area contributed by atoms with Crippen LogP contribution in [0.15, 0.2) is 36.4 Å². The molecule has 1 fully saturated rings. The Morgan fingerprint density at radius 1 is 1.17 bits per heavy atom. The molecule has 0 unspecified atom stereocenters. The summed E-state index contributed by atoms with van der Waals surface area (Å²) in [4.78, 5) is 10.4. The summed E-state index contributed by atoms with van der Waals surface area (Å²) in [5.74, 6) is -0.148. The third kappa shape index (κ3) is 6.26. The van der Waals surface area contributed by atoms with E-state index in [9.17, 15) is 18.0 Å². The van der Waals surface area contributed by atoms with Gasteiger partial charge in [-0.25, -0.2) is 4.79 Å². The summed E-state index contributed by atoms with van der Waals surface area (Å²) in [6.45, 7) is 0. The quantitative estimate of drug-likeness (QED) is 0.716. The zero-order valence-electron chi connectivity index (χ0n) is 13.3. The van der Waals surface area contributed by atoms with Crippen molar-refractivity contribution in [3.8, 4) is 5.75 Å². The third-order valence-electron chi connectivity index (χ3n) is 4.43. The molecule has 1 aliphatic carbocycles. The topological polar surface area (TPSA) is 46.5 Å². The Labute approximate surface area is 139 Å². The van der Waals surface area contributed by atoms with Gasteiger partial charge in [-0.2, -0.15) is 0 Å². The fraction of sp³-hybridized carbons (Fsp3) is 0.500. The first-order chi connectivity index (χ1) is 11.3. The van der Waals surface area contributed by atoms with E-state index in [1.54, 1.807) is 18.2 Å². The number of carboxylic acid groups (broad SMARTS) is 1. The van der Waals surface area contributed by atoms with Crippen LogP contribution < -0.4 is 4.74 Å². The van der Waals surface area contributed by atoms with Crippen molar-refractivity contribution in [1.82, 2.24) is 0 Å². The number of benzene rings is 1. The molecule has 3 nitrogen and oxygen atoms in total. The highest BCUT2D eigenvalue weighted by atomic mass is 19.4. The van der Waals surface area contributed by atoms with E-state index in [0.717, 1.165) is 44.1 Å². The lowest BCUT2D eigenvalue weighted by atomic mass is 9.77. The van der Waals surface area contributed by atoms with Gasteiger partial charge in [-0.1, -0.05) is 18.2 Å². The van der Waals surface area contributed by atoms with Gasteiger partial charge >= 0.3 is 12.3 Å². The van der Waals surface area contributed by atoms with E-state index in [1.165, 1.54) is 18.2 Å². The molecule has 1 saturated carbocycles. The molecular formula is C18H21F3O3. The zero-order chi connectivity index (χ0) is 17.6. The van der Waals surface area contributed by atoms with Crippen molar-refractivity contribution in [2.45, 2.75) is 50.8 Å². The van der Waals surface area contributed by atoms with Crippen molar-refractivity contribution in [2.24, 2.45) is 5.92 Å². The van der Waals surface area contributed by atoms with Gasteiger partial charge in [-0.05, 0) is 68.1 Å². The maximum atomic E-state index is 12.2. The third-order valence-corrected chi connectivity index (χ3v) is 4.43. The van der Waals surface area contributed by atoms with E-state index in [2.05, 4.69) is 4.74 Å². The molecule has 0 heterocycles. The van der Waals surface area contributed by atoms with E-state index < -0.39 is 12.3 Å². The van der Waals surface area contributed by atoms with Crippen molar-refractivity contribution in [2.75, 3.05) is 0 Å². The van der Waals surface area contributed by atoms with E-state index in [0.29, 0.717) is 11.8 Å². The van der Waals surface area contributed by atoms with Gasteiger partial charge in [0.25, 0.3) is 0 Å². The number of rotatable bonds is 6. The maximum Gasteiger partial charge on any atom is 0.573 e. The second kappa shape index (κ2) is 8.22. The Kier molecular flexibility index (Phi) is 6.29. The zero-order valence-corrected chi connectivity index (χ0v) is 13.3. The van der Waals surface area contributed by atoms with Gasteiger partial charge in [0.05, 0.1) is 0 Å². The van der Waals surface area contributed by atoms with Gasteiger partial charge in [0, 0.05) is 6.08 Å². The molecule has 24 heavy (non-hydrogen) atoms. The normalized spacial score (nSPS) is 21.8. The number of carbonyl (C=O) groups is 1. The Balaban J connectivity index is 1.78. The standard InChI is InChI=1S/C18H21F3O3/c19-18(20,21)24-16-11-9-15(10-12-16)14-7-5-13(6-8-14)3-1-2-4-17(22)23/h2,4,9-14H,1,3,5-8H2,(H,22,23)/b4-2+/t13-,14-. The molecule has 6 heteroatoms. The highest BCUT2D eigenvalue weighted by Gasteiger charge is 2.31. The average molecular weight is 342 g/mol. The summed E-state index contributed by atoms with van der Waals surface area (Å²) >= 11 is 0. The van der Waals surface area contributed by atoms with Gasteiger partial charge in [-0.3, -0.25) is 0 Å². The minimum absolute atomic E-state index is 0.190. The largest absolute Gasteiger partial charge is 0.573 e. The number of carboxylic acids is 1. The van der Waals surface area contributed by atoms with E-state index in [4.69, 9.17) is 5.11 Å². The molecule has 0 atom stereocenters. The van der Waals surface area contributed by atoms with Crippen LogP contribution >= 0.6 is 0 Å². The highest BCUT2D eigenvalue weighted by molar-refractivity contribution is 5.79. The Morgan fingerprint density at radius 3 is 2.33 bits per heavy atom. The van der Waals surface area contributed by atoms with Crippen LogP contribution in [0, 0.1) is 5.92 Å². The summed E-state index contributed by atoms with van der Waals surface area (Å²) in [5.41, 5.74) is 1.05. The number of aliphatic carboxylic acids is 1. The minimum Gasteiger partial charge on any atom is -0.478 e. The molecule has 0 amide bonds.